The van der Waals surface area contributed by atoms with Crippen molar-refractivity contribution < 1.29 is 13.3 Å². The van der Waals surface area contributed by atoms with E-state index in [1.807, 2.05) is 0 Å². The number of halogens is 2. The zero-order valence-electron chi connectivity index (χ0n) is 9.13. The van der Waals surface area contributed by atoms with E-state index in [4.69, 9.17) is 10.3 Å². The molecule has 6 heteroatoms. The third-order valence-corrected chi connectivity index (χ3v) is 2.25. The number of nitrogen functional groups attached to an aromatic ring is 1. The number of hydrogen-bond donors (Lipinski definition) is 2. The van der Waals surface area contributed by atoms with Gasteiger partial charge in [0.2, 0.25) is 0 Å². The Labute approximate surface area is 96.4 Å². The van der Waals surface area contributed by atoms with Crippen LogP contribution in [0.4, 0.5) is 20.2 Å². The molecule has 1 heterocycles. The van der Waals surface area contributed by atoms with E-state index in [0.717, 1.165) is 6.07 Å². The van der Waals surface area contributed by atoms with Gasteiger partial charge in [-0.2, -0.15) is 0 Å². The van der Waals surface area contributed by atoms with E-state index in [0.29, 0.717) is 11.5 Å². The average Bonchev–Trinajstić information content (AvgIpc) is 2.70. The van der Waals surface area contributed by atoms with E-state index in [1.165, 1.54) is 6.07 Å². The minimum Gasteiger partial charge on any atom is -0.397 e. The molecule has 0 spiro atoms. The normalized spacial score (nSPS) is 10.5. The van der Waals surface area contributed by atoms with Crippen LogP contribution in [0.1, 0.15) is 11.5 Å². The highest BCUT2D eigenvalue weighted by Gasteiger charge is 2.12. The lowest BCUT2D eigenvalue weighted by Gasteiger charge is -2.09. The number of hydrogen-bond acceptors (Lipinski definition) is 4. The highest BCUT2D eigenvalue weighted by molar-refractivity contribution is 5.66. The summed E-state index contributed by atoms with van der Waals surface area (Å²) in [4.78, 5) is 0. The lowest BCUT2D eigenvalue weighted by atomic mass is 10.2. The smallest absolute Gasteiger partial charge is 0.183 e. The molecule has 0 bridgehead atoms. The van der Waals surface area contributed by atoms with Crippen molar-refractivity contribution in [1.29, 1.82) is 0 Å². The van der Waals surface area contributed by atoms with Gasteiger partial charge in [0.05, 0.1) is 17.9 Å². The fourth-order valence-electron chi connectivity index (χ4n) is 1.43. The molecule has 0 aliphatic carbocycles. The maximum atomic E-state index is 13.4. The van der Waals surface area contributed by atoms with E-state index in [9.17, 15) is 8.78 Å². The molecule has 17 heavy (non-hydrogen) atoms. The van der Waals surface area contributed by atoms with Crippen molar-refractivity contribution in [3.8, 4) is 0 Å². The molecule has 0 aliphatic heterocycles. The van der Waals surface area contributed by atoms with Gasteiger partial charge in [0.1, 0.15) is 11.5 Å². The fraction of sp³-hybridized carbons (Fsp3) is 0.182. The molecule has 4 nitrogen and oxygen atoms in total. The van der Waals surface area contributed by atoms with Crippen molar-refractivity contribution in [1.82, 2.24) is 5.16 Å². The topological polar surface area (TPSA) is 64.1 Å². The van der Waals surface area contributed by atoms with Crippen LogP contribution < -0.4 is 11.1 Å². The Hall–Kier alpha value is -2.11. The lowest BCUT2D eigenvalue weighted by molar-refractivity contribution is 0.391. The van der Waals surface area contributed by atoms with Gasteiger partial charge >= 0.3 is 0 Å². The van der Waals surface area contributed by atoms with Gasteiger partial charge in [0.25, 0.3) is 0 Å². The zero-order valence-corrected chi connectivity index (χ0v) is 9.13. The number of rotatable bonds is 3. The second-order valence-corrected chi connectivity index (χ2v) is 3.61. The van der Waals surface area contributed by atoms with Crippen molar-refractivity contribution in [2.24, 2.45) is 0 Å². The fourth-order valence-corrected chi connectivity index (χ4v) is 1.43. The Bertz CT molecular complexity index is 540. The van der Waals surface area contributed by atoms with Gasteiger partial charge in [-0.3, -0.25) is 0 Å². The first-order valence-corrected chi connectivity index (χ1v) is 4.97. The number of benzene rings is 1. The molecule has 0 atom stereocenters. The summed E-state index contributed by atoms with van der Waals surface area (Å²) in [7, 11) is 0. The first kappa shape index (κ1) is 11.4. The van der Waals surface area contributed by atoms with E-state index in [1.54, 1.807) is 13.0 Å². The largest absolute Gasteiger partial charge is 0.397 e. The third kappa shape index (κ3) is 2.35. The van der Waals surface area contributed by atoms with Crippen LogP contribution in [-0.4, -0.2) is 5.16 Å². The average molecular weight is 239 g/mol. The second-order valence-electron chi connectivity index (χ2n) is 3.61. The Balaban J connectivity index is 2.16. The molecule has 90 valence electrons. The van der Waals surface area contributed by atoms with Crippen LogP contribution >= 0.6 is 0 Å². The highest BCUT2D eigenvalue weighted by Crippen LogP contribution is 2.24. The molecule has 0 saturated heterocycles. The Morgan fingerprint density at radius 2 is 2.18 bits per heavy atom. The summed E-state index contributed by atoms with van der Waals surface area (Å²) in [6.45, 7) is 1.95. The van der Waals surface area contributed by atoms with Crippen molar-refractivity contribution in [2.45, 2.75) is 13.5 Å². The molecule has 3 N–H and O–H groups in total. The van der Waals surface area contributed by atoms with Gasteiger partial charge in [-0.05, 0) is 19.1 Å². The Morgan fingerprint density at radius 1 is 1.41 bits per heavy atom. The predicted octanol–water partition coefficient (Wildman–Crippen LogP) is 2.46. The maximum absolute atomic E-state index is 13.4. The summed E-state index contributed by atoms with van der Waals surface area (Å²) in [5.41, 5.74) is 6.21. The Morgan fingerprint density at radius 3 is 2.82 bits per heavy atom. The van der Waals surface area contributed by atoms with Gasteiger partial charge in [0.15, 0.2) is 11.6 Å². The van der Waals surface area contributed by atoms with Crippen LogP contribution in [0.25, 0.3) is 0 Å². The third-order valence-electron chi connectivity index (χ3n) is 2.25. The molecule has 2 aromatic rings. The molecular formula is C11H11F2N3O. The quantitative estimate of drug-likeness (QED) is 0.807. The predicted molar refractivity (Wildman–Crippen MR) is 59.3 cm³/mol. The molecule has 0 amide bonds. The van der Waals surface area contributed by atoms with Crippen LogP contribution in [0.3, 0.4) is 0 Å². The summed E-state index contributed by atoms with van der Waals surface area (Å²) in [6.07, 6.45) is 0. The van der Waals surface area contributed by atoms with Crippen molar-refractivity contribution in [2.75, 3.05) is 11.1 Å². The minimum absolute atomic E-state index is 0.0642. The summed E-state index contributed by atoms with van der Waals surface area (Å²) in [5, 5.41) is 6.41. The van der Waals surface area contributed by atoms with Crippen LogP contribution in [0.15, 0.2) is 22.7 Å². The van der Waals surface area contributed by atoms with Crippen molar-refractivity contribution in [3.05, 3.63) is 41.3 Å². The molecule has 1 aromatic carbocycles. The number of nitrogens with two attached hydrogens (primary N) is 1. The van der Waals surface area contributed by atoms with E-state index < -0.39 is 11.6 Å². The molecular weight excluding hydrogens is 228 g/mol. The van der Waals surface area contributed by atoms with Crippen LogP contribution in [0.2, 0.25) is 0 Å². The number of aryl methyl sites for hydroxylation is 1. The SMILES string of the molecule is Cc1cc(CNc2c(N)ccc(F)c2F)no1. The van der Waals surface area contributed by atoms with Gasteiger partial charge in [-0.25, -0.2) is 8.78 Å². The van der Waals surface area contributed by atoms with Crippen molar-refractivity contribution >= 4 is 11.4 Å². The van der Waals surface area contributed by atoms with Crippen LogP contribution in [0.5, 0.6) is 0 Å². The summed E-state index contributed by atoms with van der Waals surface area (Å²) in [5.74, 6) is -1.29. The van der Waals surface area contributed by atoms with E-state index >= 15 is 0 Å². The molecule has 0 unspecified atom stereocenters. The van der Waals surface area contributed by atoms with Gasteiger partial charge < -0.3 is 15.6 Å². The number of nitrogens with zero attached hydrogens (tertiary/aromatic N) is 1. The molecule has 0 aliphatic rings. The molecule has 0 fully saturated rings. The maximum Gasteiger partial charge on any atom is 0.183 e. The first-order chi connectivity index (χ1) is 8.08. The summed E-state index contributed by atoms with van der Waals surface area (Å²) >= 11 is 0. The van der Waals surface area contributed by atoms with E-state index in [2.05, 4.69) is 10.5 Å². The number of anilines is 2. The van der Waals surface area contributed by atoms with Crippen LogP contribution in [-0.2, 0) is 6.54 Å². The monoisotopic (exact) mass is 239 g/mol. The zero-order chi connectivity index (χ0) is 12.4. The van der Waals surface area contributed by atoms with Gasteiger partial charge in [-0.1, -0.05) is 5.16 Å². The summed E-state index contributed by atoms with van der Waals surface area (Å²) in [6, 6.07) is 3.98. The highest BCUT2D eigenvalue weighted by atomic mass is 19.2. The minimum atomic E-state index is -0.995. The Kier molecular flexibility index (Phi) is 2.95. The van der Waals surface area contributed by atoms with Crippen LogP contribution in [0, 0.1) is 18.6 Å². The number of aromatic nitrogens is 1. The molecule has 2 rings (SSSR count). The first-order valence-electron chi connectivity index (χ1n) is 4.97. The molecule has 0 saturated carbocycles. The number of nitrogens with one attached hydrogen (secondary N) is 1. The second kappa shape index (κ2) is 4.40. The molecule has 0 radical (unpaired) electrons. The van der Waals surface area contributed by atoms with E-state index in [-0.39, 0.29) is 17.9 Å². The van der Waals surface area contributed by atoms with Gasteiger partial charge in [-0.15, -0.1) is 0 Å². The van der Waals surface area contributed by atoms with Gasteiger partial charge in [0, 0.05) is 6.07 Å². The molecule has 1 aromatic heterocycles. The van der Waals surface area contributed by atoms with Crippen molar-refractivity contribution in [3.63, 3.8) is 0 Å². The standard InChI is InChI=1S/C11H11F2N3O/c1-6-4-7(16-17-6)5-15-11-9(14)3-2-8(12)10(11)13/h2-4,15H,5,14H2,1H3. The summed E-state index contributed by atoms with van der Waals surface area (Å²) < 4.78 is 31.2. The lowest BCUT2D eigenvalue weighted by Crippen LogP contribution is -2.06.